The van der Waals surface area contributed by atoms with E-state index in [9.17, 15) is 14.7 Å². The van der Waals surface area contributed by atoms with Crippen molar-refractivity contribution in [1.82, 2.24) is 0 Å². The normalized spacial score (nSPS) is 12.0. The highest BCUT2D eigenvalue weighted by molar-refractivity contribution is 5.79. The second-order valence-corrected chi connectivity index (χ2v) is 4.35. The van der Waals surface area contributed by atoms with E-state index < -0.39 is 24.6 Å². The van der Waals surface area contributed by atoms with Crippen LogP contribution < -0.4 is 0 Å². The molecule has 0 bridgehead atoms. The Bertz CT molecular complexity index is 413. The summed E-state index contributed by atoms with van der Waals surface area (Å²) in [7, 11) is 0. The van der Waals surface area contributed by atoms with Gasteiger partial charge in [0.05, 0.1) is 6.10 Å². The number of ether oxygens (including phenoxy) is 2. The quantitative estimate of drug-likeness (QED) is 0.780. The fraction of sp³-hybridized carbons (Fsp3) is 0.429. The molecule has 0 aliphatic rings. The van der Waals surface area contributed by atoms with Crippen LogP contribution in [0.15, 0.2) is 30.3 Å². The van der Waals surface area contributed by atoms with Crippen molar-refractivity contribution in [3.63, 3.8) is 0 Å². The SMILES string of the molecule is CC(C)OC(=O)COC(=O)C(O)Cc1ccccc1. The number of esters is 2. The van der Waals surface area contributed by atoms with Gasteiger partial charge >= 0.3 is 11.9 Å². The van der Waals surface area contributed by atoms with Gasteiger partial charge in [0.2, 0.25) is 0 Å². The summed E-state index contributed by atoms with van der Waals surface area (Å²) in [5, 5.41) is 9.64. The predicted molar refractivity (Wildman–Crippen MR) is 68.3 cm³/mol. The zero-order chi connectivity index (χ0) is 14.3. The largest absolute Gasteiger partial charge is 0.460 e. The van der Waals surface area contributed by atoms with E-state index in [1.165, 1.54) is 0 Å². The molecular formula is C14H18O5. The number of hydrogen-bond acceptors (Lipinski definition) is 5. The Balaban J connectivity index is 2.35. The second-order valence-electron chi connectivity index (χ2n) is 4.35. The zero-order valence-corrected chi connectivity index (χ0v) is 11.0. The molecule has 0 fully saturated rings. The molecular weight excluding hydrogens is 248 g/mol. The third-order valence-corrected chi connectivity index (χ3v) is 2.24. The molecule has 1 aromatic rings. The van der Waals surface area contributed by atoms with Crippen molar-refractivity contribution >= 4 is 11.9 Å². The number of rotatable bonds is 6. The minimum Gasteiger partial charge on any atom is -0.460 e. The highest BCUT2D eigenvalue weighted by Crippen LogP contribution is 2.04. The van der Waals surface area contributed by atoms with E-state index in [1.807, 2.05) is 18.2 Å². The van der Waals surface area contributed by atoms with E-state index in [0.29, 0.717) is 0 Å². The van der Waals surface area contributed by atoms with Crippen LogP contribution in [0.2, 0.25) is 0 Å². The van der Waals surface area contributed by atoms with E-state index in [1.54, 1.807) is 26.0 Å². The first kappa shape index (κ1) is 15.2. The van der Waals surface area contributed by atoms with Gasteiger partial charge in [-0.15, -0.1) is 0 Å². The molecule has 1 rings (SSSR count). The smallest absolute Gasteiger partial charge is 0.344 e. The highest BCUT2D eigenvalue weighted by Gasteiger charge is 2.19. The fourth-order valence-electron chi connectivity index (χ4n) is 1.44. The van der Waals surface area contributed by atoms with E-state index in [4.69, 9.17) is 4.74 Å². The summed E-state index contributed by atoms with van der Waals surface area (Å²) in [4.78, 5) is 22.6. The number of aliphatic hydroxyl groups excluding tert-OH is 1. The fourth-order valence-corrected chi connectivity index (χ4v) is 1.44. The predicted octanol–water partition coefficient (Wildman–Crippen LogP) is 1.08. The molecule has 1 unspecified atom stereocenters. The van der Waals surface area contributed by atoms with Crippen molar-refractivity contribution in [2.24, 2.45) is 0 Å². The van der Waals surface area contributed by atoms with Gasteiger partial charge in [-0.1, -0.05) is 30.3 Å². The Kier molecular flexibility index (Phi) is 6.02. The van der Waals surface area contributed by atoms with E-state index in [-0.39, 0.29) is 12.5 Å². The molecule has 0 saturated carbocycles. The van der Waals surface area contributed by atoms with Crippen LogP contribution in [-0.2, 0) is 25.5 Å². The third kappa shape index (κ3) is 6.01. The molecule has 104 valence electrons. The lowest BCUT2D eigenvalue weighted by molar-refractivity contribution is -0.165. The van der Waals surface area contributed by atoms with Gasteiger partial charge in [-0.3, -0.25) is 0 Å². The number of benzene rings is 1. The average Bonchev–Trinajstić information content (AvgIpc) is 2.36. The molecule has 5 heteroatoms. The zero-order valence-electron chi connectivity index (χ0n) is 11.0. The van der Waals surface area contributed by atoms with Crippen molar-refractivity contribution < 1.29 is 24.2 Å². The maximum Gasteiger partial charge on any atom is 0.344 e. The lowest BCUT2D eigenvalue weighted by Crippen LogP contribution is -2.28. The third-order valence-electron chi connectivity index (χ3n) is 2.24. The Morgan fingerprint density at radius 3 is 2.42 bits per heavy atom. The summed E-state index contributed by atoms with van der Waals surface area (Å²) in [6, 6.07) is 9.06. The van der Waals surface area contributed by atoms with Crippen LogP contribution in [0.25, 0.3) is 0 Å². The summed E-state index contributed by atoms with van der Waals surface area (Å²) in [5.41, 5.74) is 0.816. The first-order valence-electron chi connectivity index (χ1n) is 6.07. The van der Waals surface area contributed by atoms with Gasteiger partial charge < -0.3 is 14.6 Å². The molecule has 0 aliphatic heterocycles. The minimum absolute atomic E-state index is 0.152. The van der Waals surface area contributed by atoms with Gasteiger partial charge in [-0.25, -0.2) is 9.59 Å². The van der Waals surface area contributed by atoms with Gasteiger partial charge in [0, 0.05) is 6.42 Å². The Hall–Kier alpha value is -1.88. The van der Waals surface area contributed by atoms with Gasteiger partial charge in [0.1, 0.15) is 0 Å². The molecule has 0 aromatic heterocycles. The number of aliphatic hydroxyl groups is 1. The molecule has 1 atom stereocenters. The first-order chi connectivity index (χ1) is 8.99. The topological polar surface area (TPSA) is 72.8 Å². The Labute approximate surface area is 112 Å². The van der Waals surface area contributed by atoms with Crippen molar-refractivity contribution in [3.05, 3.63) is 35.9 Å². The highest BCUT2D eigenvalue weighted by atomic mass is 16.6. The maximum absolute atomic E-state index is 11.5. The van der Waals surface area contributed by atoms with E-state index in [0.717, 1.165) is 5.56 Å². The molecule has 0 radical (unpaired) electrons. The van der Waals surface area contributed by atoms with Gasteiger partial charge in [-0.2, -0.15) is 0 Å². The minimum atomic E-state index is -1.28. The molecule has 0 spiro atoms. The van der Waals surface area contributed by atoms with Crippen LogP contribution in [0.5, 0.6) is 0 Å². The molecule has 5 nitrogen and oxygen atoms in total. The summed E-state index contributed by atoms with van der Waals surface area (Å²) in [6.45, 7) is 2.91. The van der Waals surface area contributed by atoms with Crippen LogP contribution in [-0.4, -0.2) is 35.9 Å². The Morgan fingerprint density at radius 1 is 1.21 bits per heavy atom. The summed E-state index contributed by atoms with van der Waals surface area (Å²) in [5.74, 6) is -1.46. The molecule has 19 heavy (non-hydrogen) atoms. The van der Waals surface area contributed by atoms with Gasteiger partial charge in [-0.05, 0) is 19.4 Å². The molecule has 1 N–H and O–H groups in total. The molecule has 0 aliphatic carbocycles. The molecule has 0 saturated heterocycles. The summed E-state index contributed by atoms with van der Waals surface area (Å²) in [6.07, 6.45) is -1.39. The van der Waals surface area contributed by atoms with Crippen molar-refractivity contribution in [2.45, 2.75) is 32.5 Å². The lowest BCUT2D eigenvalue weighted by Gasteiger charge is -2.11. The molecule has 1 aromatic carbocycles. The lowest BCUT2D eigenvalue weighted by atomic mass is 10.1. The first-order valence-corrected chi connectivity index (χ1v) is 6.07. The van der Waals surface area contributed by atoms with Crippen LogP contribution in [0, 0.1) is 0 Å². The summed E-state index contributed by atoms with van der Waals surface area (Å²) >= 11 is 0. The average molecular weight is 266 g/mol. The monoisotopic (exact) mass is 266 g/mol. The summed E-state index contributed by atoms with van der Waals surface area (Å²) < 4.78 is 9.48. The number of carbonyl (C=O) groups excluding carboxylic acids is 2. The Morgan fingerprint density at radius 2 is 1.84 bits per heavy atom. The van der Waals surface area contributed by atoms with Crippen molar-refractivity contribution in [1.29, 1.82) is 0 Å². The van der Waals surface area contributed by atoms with Crippen LogP contribution in [0.4, 0.5) is 0 Å². The van der Waals surface area contributed by atoms with Crippen molar-refractivity contribution in [3.8, 4) is 0 Å². The second kappa shape index (κ2) is 7.53. The number of carbonyl (C=O) groups is 2. The van der Waals surface area contributed by atoms with Gasteiger partial charge in [0.25, 0.3) is 0 Å². The van der Waals surface area contributed by atoms with Crippen LogP contribution in [0.3, 0.4) is 0 Å². The van der Waals surface area contributed by atoms with E-state index >= 15 is 0 Å². The van der Waals surface area contributed by atoms with E-state index in [2.05, 4.69) is 4.74 Å². The molecule has 0 amide bonds. The van der Waals surface area contributed by atoms with Gasteiger partial charge in [0.15, 0.2) is 12.7 Å². The number of hydrogen-bond donors (Lipinski definition) is 1. The van der Waals surface area contributed by atoms with Crippen LogP contribution in [0.1, 0.15) is 19.4 Å². The molecule has 0 heterocycles. The van der Waals surface area contributed by atoms with Crippen molar-refractivity contribution in [2.75, 3.05) is 6.61 Å². The standard InChI is InChI=1S/C14H18O5/c1-10(2)19-13(16)9-18-14(17)12(15)8-11-6-4-3-5-7-11/h3-7,10,12,15H,8-9H2,1-2H3. The maximum atomic E-state index is 11.5. The van der Waals surface area contributed by atoms with Crippen LogP contribution >= 0.6 is 0 Å².